The Labute approximate surface area is 101 Å². The molecule has 1 N–H and O–H groups in total. The molecule has 0 bridgehead atoms. The second kappa shape index (κ2) is 4.41. The lowest BCUT2D eigenvalue weighted by atomic mass is 10.1. The molecule has 0 aliphatic heterocycles. The molecule has 0 aliphatic rings. The summed E-state index contributed by atoms with van der Waals surface area (Å²) in [6.07, 6.45) is 1.30. The van der Waals surface area contributed by atoms with Crippen LogP contribution in [0.4, 0.5) is 8.78 Å². The Morgan fingerprint density at radius 3 is 2.59 bits per heavy atom. The maximum Gasteiger partial charge on any atom is 0.346 e. The molecule has 0 amide bonds. The molecular formula is C12H10F2O2S. The van der Waals surface area contributed by atoms with Gasteiger partial charge >= 0.3 is 5.97 Å². The lowest BCUT2D eigenvalue weighted by molar-refractivity contribution is 0.0701. The molecule has 0 spiro atoms. The molecule has 0 unspecified atom stereocenters. The number of hydrogen-bond donors (Lipinski definition) is 1. The molecule has 17 heavy (non-hydrogen) atoms. The van der Waals surface area contributed by atoms with Crippen molar-refractivity contribution in [2.24, 2.45) is 0 Å². The fourth-order valence-corrected chi connectivity index (χ4v) is 2.91. The molecule has 0 saturated carbocycles. The van der Waals surface area contributed by atoms with Crippen LogP contribution < -0.4 is 0 Å². The van der Waals surface area contributed by atoms with E-state index in [4.69, 9.17) is 5.11 Å². The van der Waals surface area contributed by atoms with E-state index < -0.39 is 17.6 Å². The minimum atomic E-state index is -1.05. The first-order valence-electron chi connectivity index (χ1n) is 5.18. The molecule has 0 atom stereocenters. The Kier molecular flexibility index (Phi) is 3.11. The first-order chi connectivity index (χ1) is 8.04. The molecule has 0 fully saturated rings. The lowest BCUT2D eigenvalue weighted by Gasteiger charge is -1.99. The van der Waals surface area contributed by atoms with Gasteiger partial charge in [-0.3, -0.25) is 0 Å². The number of hydrogen-bond acceptors (Lipinski definition) is 2. The molecule has 1 heterocycles. The van der Waals surface area contributed by atoms with Crippen molar-refractivity contribution in [3.05, 3.63) is 34.2 Å². The topological polar surface area (TPSA) is 37.3 Å². The number of benzene rings is 1. The zero-order chi connectivity index (χ0) is 12.6. The highest BCUT2D eigenvalue weighted by atomic mass is 32.1. The second-order valence-electron chi connectivity index (χ2n) is 3.73. The van der Waals surface area contributed by atoms with Gasteiger partial charge in [0.2, 0.25) is 0 Å². The third kappa shape index (κ3) is 2.02. The molecule has 5 heteroatoms. The van der Waals surface area contributed by atoms with E-state index in [0.717, 1.165) is 29.9 Å². The van der Waals surface area contributed by atoms with Crippen LogP contribution in [-0.2, 0) is 6.42 Å². The van der Waals surface area contributed by atoms with Crippen molar-refractivity contribution in [3.63, 3.8) is 0 Å². The highest BCUT2D eigenvalue weighted by molar-refractivity contribution is 7.21. The Morgan fingerprint density at radius 2 is 2.00 bits per heavy atom. The molecular weight excluding hydrogens is 246 g/mol. The molecule has 2 nitrogen and oxygen atoms in total. The zero-order valence-corrected chi connectivity index (χ0v) is 9.91. The first kappa shape index (κ1) is 12.0. The van der Waals surface area contributed by atoms with E-state index in [1.807, 2.05) is 6.92 Å². The van der Waals surface area contributed by atoms with E-state index in [9.17, 15) is 13.6 Å². The molecule has 2 aromatic rings. The number of fused-ring (bicyclic) bond motifs is 1. The molecule has 0 saturated heterocycles. The SMILES string of the molecule is CCCc1c(C(=O)O)sc2cc(F)c(F)cc12. The van der Waals surface area contributed by atoms with Crippen molar-refractivity contribution >= 4 is 27.4 Å². The number of rotatable bonds is 3. The van der Waals surface area contributed by atoms with Crippen LogP contribution >= 0.6 is 11.3 Å². The maximum atomic E-state index is 13.2. The summed E-state index contributed by atoms with van der Waals surface area (Å²) in [7, 11) is 0. The lowest BCUT2D eigenvalue weighted by Crippen LogP contribution is -1.97. The summed E-state index contributed by atoms with van der Waals surface area (Å²) < 4.78 is 26.7. The quantitative estimate of drug-likeness (QED) is 0.906. The molecule has 1 aromatic carbocycles. The minimum absolute atomic E-state index is 0.173. The number of halogens is 2. The van der Waals surface area contributed by atoms with Gasteiger partial charge in [0, 0.05) is 4.70 Å². The fraction of sp³-hybridized carbons (Fsp3) is 0.250. The van der Waals surface area contributed by atoms with E-state index in [1.54, 1.807) is 0 Å². The Bertz CT molecular complexity index is 590. The van der Waals surface area contributed by atoms with Gasteiger partial charge in [0.25, 0.3) is 0 Å². The Morgan fingerprint density at radius 1 is 1.35 bits per heavy atom. The smallest absolute Gasteiger partial charge is 0.346 e. The summed E-state index contributed by atoms with van der Waals surface area (Å²) in [5.74, 6) is -2.93. The van der Waals surface area contributed by atoms with Crippen molar-refractivity contribution < 1.29 is 18.7 Å². The van der Waals surface area contributed by atoms with E-state index in [0.29, 0.717) is 22.1 Å². The van der Waals surface area contributed by atoms with Crippen LogP contribution in [0.15, 0.2) is 12.1 Å². The van der Waals surface area contributed by atoms with Crippen molar-refractivity contribution in [2.75, 3.05) is 0 Å². The number of carbonyl (C=O) groups is 1. The van der Waals surface area contributed by atoms with Gasteiger partial charge in [-0.25, -0.2) is 13.6 Å². The average molecular weight is 256 g/mol. The van der Waals surface area contributed by atoms with Crippen LogP contribution in [-0.4, -0.2) is 11.1 Å². The van der Waals surface area contributed by atoms with Crippen molar-refractivity contribution in [3.8, 4) is 0 Å². The first-order valence-corrected chi connectivity index (χ1v) is 6.00. The van der Waals surface area contributed by atoms with Crippen molar-refractivity contribution in [1.82, 2.24) is 0 Å². The van der Waals surface area contributed by atoms with Crippen LogP contribution in [0.1, 0.15) is 28.6 Å². The monoisotopic (exact) mass is 256 g/mol. The number of carboxylic acid groups (broad SMARTS) is 1. The van der Waals surface area contributed by atoms with Gasteiger partial charge in [-0.15, -0.1) is 11.3 Å². The number of carboxylic acids is 1. The van der Waals surface area contributed by atoms with Gasteiger partial charge in [-0.05, 0) is 29.5 Å². The highest BCUT2D eigenvalue weighted by Crippen LogP contribution is 2.33. The Balaban J connectivity index is 2.75. The summed E-state index contributed by atoms with van der Waals surface area (Å²) in [5.41, 5.74) is 0.596. The molecule has 0 aliphatic carbocycles. The van der Waals surface area contributed by atoms with Gasteiger partial charge in [0.15, 0.2) is 11.6 Å². The minimum Gasteiger partial charge on any atom is -0.477 e. The van der Waals surface area contributed by atoms with Crippen LogP contribution in [0, 0.1) is 11.6 Å². The maximum absolute atomic E-state index is 13.2. The third-order valence-electron chi connectivity index (χ3n) is 2.53. The predicted octanol–water partition coefficient (Wildman–Crippen LogP) is 3.83. The summed E-state index contributed by atoms with van der Waals surface area (Å²) in [5, 5.41) is 9.56. The Hall–Kier alpha value is -1.49. The van der Waals surface area contributed by atoms with Crippen LogP contribution in [0.5, 0.6) is 0 Å². The van der Waals surface area contributed by atoms with Crippen molar-refractivity contribution in [1.29, 1.82) is 0 Å². The summed E-state index contributed by atoms with van der Waals surface area (Å²) in [6, 6.07) is 2.14. The third-order valence-corrected chi connectivity index (χ3v) is 3.71. The second-order valence-corrected chi connectivity index (χ2v) is 4.78. The van der Waals surface area contributed by atoms with Crippen LogP contribution in [0.2, 0.25) is 0 Å². The number of thiophene rings is 1. The predicted molar refractivity (Wildman–Crippen MR) is 62.7 cm³/mol. The summed E-state index contributed by atoms with van der Waals surface area (Å²) in [4.78, 5) is 11.2. The van der Waals surface area contributed by atoms with Gasteiger partial charge in [0.05, 0.1) is 0 Å². The highest BCUT2D eigenvalue weighted by Gasteiger charge is 2.18. The van der Waals surface area contributed by atoms with Gasteiger partial charge in [0.1, 0.15) is 4.88 Å². The van der Waals surface area contributed by atoms with E-state index in [2.05, 4.69) is 0 Å². The van der Waals surface area contributed by atoms with Crippen LogP contribution in [0.25, 0.3) is 10.1 Å². The van der Waals surface area contributed by atoms with E-state index in [1.165, 1.54) is 0 Å². The standard InChI is InChI=1S/C12H10F2O2S/c1-2-3-6-7-4-8(13)9(14)5-10(7)17-11(6)12(15)16/h4-5H,2-3H2,1H3,(H,15,16). The van der Waals surface area contributed by atoms with Crippen LogP contribution in [0.3, 0.4) is 0 Å². The molecule has 0 radical (unpaired) electrons. The van der Waals surface area contributed by atoms with E-state index >= 15 is 0 Å². The number of aromatic carboxylic acids is 1. The van der Waals surface area contributed by atoms with Gasteiger partial charge in [-0.1, -0.05) is 13.3 Å². The molecule has 1 aromatic heterocycles. The number of aryl methyl sites for hydroxylation is 1. The normalized spacial score (nSPS) is 11.0. The van der Waals surface area contributed by atoms with Gasteiger partial charge < -0.3 is 5.11 Å². The summed E-state index contributed by atoms with van der Waals surface area (Å²) >= 11 is 0.989. The zero-order valence-electron chi connectivity index (χ0n) is 9.09. The molecule has 90 valence electrons. The van der Waals surface area contributed by atoms with Gasteiger partial charge in [-0.2, -0.15) is 0 Å². The van der Waals surface area contributed by atoms with Crippen molar-refractivity contribution in [2.45, 2.75) is 19.8 Å². The summed E-state index contributed by atoms with van der Waals surface area (Å²) in [6.45, 7) is 1.91. The van der Waals surface area contributed by atoms with E-state index in [-0.39, 0.29) is 4.88 Å². The molecule has 2 rings (SSSR count). The average Bonchev–Trinajstić information content (AvgIpc) is 2.59. The largest absolute Gasteiger partial charge is 0.477 e. The fourth-order valence-electron chi connectivity index (χ4n) is 1.81.